The lowest BCUT2D eigenvalue weighted by atomic mass is 9.93. The zero-order valence-corrected chi connectivity index (χ0v) is 12.1. The molecule has 0 bridgehead atoms. The van der Waals surface area contributed by atoms with Gasteiger partial charge in [0.25, 0.3) is 0 Å². The third-order valence-corrected chi connectivity index (χ3v) is 3.65. The maximum Gasteiger partial charge on any atom is 0.0551 e. The molecule has 2 N–H and O–H groups in total. The third-order valence-electron chi connectivity index (χ3n) is 3.65. The number of aryl methyl sites for hydroxylation is 1. The van der Waals surface area contributed by atoms with Gasteiger partial charge in [-0.15, -0.1) is 0 Å². The molecule has 0 saturated carbocycles. The molecule has 0 fully saturated rings. The van der Waals surface area contributed by atoms with E-state index in [9.17, 15) is 0 Å². The Morgan fingerprint density at radius 3 is 2.11 bits per heavy atom. The second kappa shape index (κ2) is 6.03. The molecule has 1 nitrogen and oxygen atoms in total. The zero-order chi connectivity index (χ0) is 13.8. The van der Waals surface area contributed by atoms with Gasteiger partial charge in [0.1, 0.15) is 0 Å². The Labute approximate surface area is 116 Å². The van der Waals surface area contributed by atoms with Crippen molar-refractivity contribution in [1.29, 1.82) is 0 Å². The van der Waals surface area contributed by atoms with Gasteiger partial charge in [0.05, 0.1) is 6.04 Å². The van der Waals surface area contributed by atoms with Crippen molar-refractivity contribution in [3.63, 3.8) is 0 Å². The molecule has 0 radical (unpaired) electrons. The van der Waals surface area contributed by atoms with Gasteiger partial charge in [-0.1, -0.05) is 69.3 Å². The number of hydrogen-bond acceptors (Lipinski definition) is 1. The molecule has 1 atom stereocenters. The smallest absolute Gasteiger partial charge is 0.0551 e. The number of rotatable bonds is 4. The van der Waals surface area contributed by atoms with Crippen molar-refractivity contribution >= 4 is 0 Å². The van der Waals surface area contributed by atoms with Gasteiger partial charge in [-0.2, -0.15) is 0 Å². The van der Waals surface area contributed by atoms with Crippen LogP contribution in [0.4, 0.5) is 0 Å². The summed E-state index contributed by atoms with van der Waals surface area (Å²) >= 11 is 0. The Morgan fingerprint density at radius 1 is 0.895 bits per heavy atom. The lowest BCUT2D eigenvalue weighted by molar-refractivity contribution is 0.835. The van der Waals surface area contributed by atoms with Crippen molar-refractivity contribution in [2.24, 2.45) is 5.73 Å². The fourth-order valence-electron chi connectivity index (χ4n) is 2.31. The molecule has 100 valence electrons. The Kier molecular flexibility index (Phi) is 4.39. The molecule has 0 aliphatic carbocycles. The second-order valence-electron chi connectivity index (χ2n) is 5.40. The largest absolute Gasteiger partial charge is 0.320 e. The van der Waals surface area contributed by atoms with Gasteiger partial charge in [-0.25, -0.2) is 0 Å². The van der Waals surface area contributed by atoms with E-state index in [0.29, 0.717) is 5.92 Å². The van der Waals surface area contributed by atoms with E-state index in [-0.39, 0.29) is 6.04 Å². The molecule has 0 heterocycles. The first kappa shape index (κ1) is 13.8. The summed E-state index contributed by atoms with van der Waals surface area (Å²) in [5, 5.41) is 0. The zero-order valence-electron chi connectivity index (χ0n) is 12.1. The highest BCUT2D eigenvalue weighted by Crippen LogP contribution is 2.24. The van der Waals surface area contributed by atoms with Crippen LogP contribution in [0.5, 0.6) is 0 Å². The molecular weight excluding hydrogens is 230 g/mol. The first-order valence-corrected chi connectivity index (χ1v) is 7.06. The molecule has 19 heavy (non-hydrogen) atoms. The van der Waals surface area contributed by atoms with Gasteiger partial charge in [-0.3, -0.25) is 0 Å². The predicted molar refractivity (Wildman–Crippen MR) is 82.4 cm³/mol. The summed E-state index contributed by atoms with van der Waals surface area (Å²) in [7, 11) is 0. The van der Waals surface area contributed by atoms with Crippen LogP contribution < -0.4 is 5.73 Å². The molecule has 0 spiro atoms. The molecular formula is C18H23N. The van der Waals surface area contributed by atoms with Gasteiger partial charge in [0.2, 0.25) is 0 Å². The van der Waals surface area contributed by atoms with Crippen molar-refractivity contribution in [2.45, 2.75) is 39.2 Å². The van der Waals surface area contributed by atoms with Crippen molar-refractivity contribution in [3.8, 4) is 0 Å². The molecule has 0 aliphatic heterocycles. The van der Waals surface area contributed by atoms with Gasteiger partial charge < -0.3 is 5.73 Å². The summed E-state index contributed by atoms with van der Waals surface area (Å²) in [6.45, 7) is 6.59. The first-order chi connectivity index (χ1) is 9.11. The van der Waals surface area contributed by atoms with Crippen LogP contribution in [0.2, 0.25) is 0 Å². The third kappa shape index (κ3) is 3.24. The summed E-state index contributed by atoms with van der Waals surface area (Å²) in [4.78, 5) is 0. The fourth-order valence-corrected chi connectivity index (χ4v) is 2.31. The molecule has 2 aromatic rings. The molecule has 0 saturated heterocycles. The average Bonchev–Trinajstić information content (AvgIpc) is 2.46. The monoisotopic (exact) mass is 253 g/mol. The lowest BCUT2D eigenvalue weighted by Gasteiger charge is -2.16. The fraction of sp³-hybridized carbons (Fsp3) is 0.333. The van der Waals surface area contributed by atoms with E-state index in [4.69, 9.17) is 5.73 Å². The summed E-state index contributed by atoms with van der Waals surface area (Å²) < 4.78 is 0. The van der Waals surface area contributed by atoms with Gasteiger partial charge >= 0.3 is 0 Å². The number of nitrogens with two attached hydrogens (primary N) is 1. The minimum Gasteiger partial charge on any atom is -0.320 e. The molecule has 2 rings (SSSR count). The Bertz CT molecular complexity index is 543. The van der Waals surface area contributed by atoms with Crippen LogP contribution in [0, 0.1) is 0 Å². The summed E-state index contributed by atoms with van der Waals surface area (Å²) in [6, 6.07) is 17.2. The number of benzene rings is 2. The van der Waals surface area contributed by atoms with E-state index in [1.807, 2.05) is 0 Å². The first-order valence-electron chi connectivity index (χ1n) is 7.06. The van der Waals surface area contributed by atoms with E-state index < -0.39 is 0 Å². The van der Waals surface area contributed by atoms with Crippen LogP contribution in [0.1, 0.15) is 55.0 Å². The minimum atomic E-state index is -0.0369. The maximum absolute atomic E-state index is 6.41. The van der Waals surface area contributed by atoms with Crippen LogP contribution in [0.15, 0.2) is 48.5 Å². The van der Waals surface area contributed by atoms with Crippen LogP contribution in [0.25, 0.3) is 0 Å². The van der Waals surface area contributed by atoms with Gasteiger partial charge in [0.15, 0.2) is 0 Å². The Morgan fingerprint density at radius 2 is 1.47 bits per heavy atom. The Hall–Kier alpha value is -1.60. The van der Waals surface area contributed by atoms with E-state index >= 15 is 0 Å². The van der Waals surface area contributed by atoms with Gasteiger partial charge in [-0.05, 0) is 34.6 Å². The lowest BCUT2D eigenvalue weighted by Crippen LogP contribution is -2.12. The van der Waals surface area contributed by atoms with E-state index in [2.05, 4.69) is 69.3 Å². The molecule has 0 amide bonds. The van der Waals surface area contributed by atoms with E-state index in [1.165, 1.54) is 22.3 Å². The molecule has 0 aliphatic rings. The predicted octanol–water partition coefficient (Wildman–Crippen LogP) is 4.42. The molecule has 0 aromatic heterocycles. The summed E-state index contributed by atoms with van der Waals surface area (Å²) in [5.41, 5.74) is 11.5. The minimum absolute atomic E-state index is 0.0369. The quantitative estimate of drug-likeness (QED) is 0.857. The molecule has 1 heteroatoms. The second-order valence-corrected chi connectivity index (χ2v) is 5.40. The van der Waals surface area contributed by atoms with Crippen molar-refractivity contribution in [3.05, 3.63) is 70.8 Å². The summed E-state index contributed by atoms with van der Waals surface area (Å²) in [5.74, 6) is 0.536. The van der Waals surface area contributed by atoms with Crippen molar-refractivity contribution < 1.29 is 0 Å². The normalized spacial score (nSPS) is 12.7. The molecule has 2 aromatic carbocycles. The van der Waals surface area contributed by atoms with Crippen LogP contribution >= 0.6 is 0 Å². The van der Waals surface area contributed by atoms with Gasteiger partial charge in [0, 0.05) is 0 Å². The van der Waals surface area contributed by atoms with Crippen molar-refractivity contribution in [1.82, 2.24) is 0 Å². The summed E-state index contributed by atoms with van der Waals surface area (Å²) in [6.07, 6.45) is 1.05. The van der Waals surface area contributed by atoms with E-state index in [1.54, 1.807) is 0 Å². The Balaban J connectivity index is 2.32. The van der Waals surface area contributed by atoms with Crippen LogP contribution in [0.3, 0.4) is 0 Å². The van der Waals surface area contributed by atoms with Crippen LogP contribution in [-0.2, 0) is 6.42 Å². The maximum atomic E-state index is 6.41. The standard InChI is InChI=1S/C18H23N/c1-4-14-7-5-9-16(11-14)18(19)17-10-6-8-15(12-17)13(2)3/h5-13,18H,4,19H2,1-3H3. The average molecular weight is 253 g/mol. The van der Waals surface area contributed by atoms with Crippen LogP contribution in [-0.4, -0.2) is 0 Å². The topological polar surface area (TPSA) is 26.0 Å². The highest BCUT2D eigenvalue weighted by atomic mass is 14.6. The highest BCUT2D eigenvalue weighted by molar-refractivity contribution is 5.36. The highest BCUT2D eigenvalue weighted by Gasteiger charge is 2.10. The SMILES string of the molecule is CCc1cccc(C(N)c2cccc(C(C)C)c2)c1. The molecule has 1 unspecified atom stereocenters. The van der Waals surface area contributed by atoms with Crippen molar-refractivity contribution in [2.75, 3.05) is 0 Å². The van der Waals surface area contributed by atoms with E-state index in [0.717, 1.165) is 6.42 Å². The number of hydrogen-bond donors (Lipinski definition) is 1.